The normalized spacial score (nSPS) is 12.6. The molecule has 0 spiro atoms. The first-order valence-electron chi connectivity index (χ1n) is 5.57. The number of nitrogens with zero attached hydrogens (tertiary/aromatic N) is 2. The van der Waals surface area contributed by atoms with Crippen LogP contribution in [0.2, 0.25) is 0 Å². The first-order chi connectivity index (χ1) is 8.24. The Morgan fingerprint density at radius 1 is 1.35 bits per heavy atom. The van der Waals surface area contributed by atoms with Crippen molar-refractivity contribution in [3.8, 4) is 0 Å². The average molecular weight is 248 g/mol. The number of aryl methyl sites for hydroxylation is 1. The molecular formula is C13H16N2OS. The molecule has 1 unspecified atom stereocenters. The SMILES string of the molecule is Cc1ccc(SCC(O)Cn2ccnc2)cc1. The molecule has 0 saturated carbocycles. The fraction of sp³-hybridized carbons (Fsp3) is 0.308. The summed E-state index contributed by atoms with van der Waals surface area (Å²) in [6.07, 6.45) is 4.95. The predicted molar refractivity (Wildman–Crippen MR) is 70.1 cm³/mol. The molecule has 0 radical (unpaired) electrons. The van der Waals surface area contributed by atoms with Crippen LogP contribution in [-0.2, 0) is 6.54 Å². The Bertz CT molecular complexity index is 439. The Kier molecular flexibility index (Phi) is 4.23. The van der Waals surface area contributed by atoms with Crippen molar-refractivity contribution in [2.24, 2.45) is 0 Å². The van der Waals surface area contributed by atoms with Crippen LogP contribution in [0.4, 0.5) is 0 Å². The lowest BCUT2D eigenvalue weighted by Crippen LogP contribution is -2.17. The van der Waals surface area contributed by atoms with E-state index in [-0.39, 0.29) is 6.10 Å². The zero-order valence-corrected chi connectivity index (χ0v) is 10.6. The van der Waals surface area contributed by atoms with E-state index in [1.54, 1.807) is 24.3 Å². The molecule has 3 nitrogen and oxygen atoms in total. The van der Waals surface area contributed by atoms with Gasteiger partial charge in [-0.15, -0.1) is 11.8 Å². The van der Waals surface area contributed by atoms with Crippen LogP contribution in [0, 0.1) is 6.92 Å². The van der Waals surface area contributed by atoms with E-state index in [9.17, 15) is 5.11 Å². The van der Waals surface area contributed by atoms with Crippen molar-refractivity contribution in [3.63, 3.8) is 0 Å². The van der Waals surface area contributed by atoms with E-state index < -0.39 is 0 Å². The third kappa shape index (κ3) is 3.91. The summed E-state index contributed by atoms with van der Waals surface area (Å²) in [6, 6.07) is 8.35. The lowest BCUT2D eigenvalue weighted by Gasteiger charge is -2.10. The lowest BCUT2D eigenvalue weighted by molar-refractivity contribution is 0.178. The third-order valence-corrected chi connectivity index (χ3v) is 3.60. The van der Waals surface area contributed by atoms with Gasteiger partial charge in [-0.1, -0.05) is 17.7 Å². The number of rotatable bonds is 5. The van der Waals surface area contributed by atoms with E-state index in [1.807, 2.05) is 10.8 Å². The van der Waals surface area contributed by atoms with Gasteiger partial charge in [0.15, 0.2) is 0 Å². The van der Waals surface area contributed by atoms with Gasteiger partial charge in [-0.3, -0.25) is 0 Å². The van der Waals surface area contributed by atoms with Crippen LogP contribution in [0.5, 0.6) is 0 Å². The van der Waals surface area contributed by atoms with Crippen LogP contribution in [0.15, 0.2) is 47.9 Å². The Hall–Kier alpha value is -1.26. The Balaban J connectivity index is 1.79. The van der Waals surface area contributed by atoms with Crippen LogP contribution >= 0.6 is 11.8 Å². The zero-order chi connectivity index (χ0) is 12.1. The van der Waals surface area contributed by atoms with Gasteiger partial charge < -0.3 is 9.67 Å². The molecule has 1 aromatic carbocycles. The lowest BCUT2D eigenvalue weighted by atomic mass is 10.2. The van der Waals surface area contributed by atoms with Crippen molar-refractivity contribution in [3.05, 3.63) is 48.5 Å². The van der Waals surface area contributed by atoms with Gasteiger partial charge in [0, 0.05) is 23.0 Å². The van der Waals surface area contributed by atoms with Crippen molar-refractivity contribution < 1.29 is 5.11 Å². The molecule has 0 amide bonds. The van der Waals surface area contributed by atoms with Crippen molar-refractivity contribution in [2.45, 2.75) is 24.5 Å². The van der Waals surface area contributed by atoms with E-state index >= 15 is 0 Å². The van der Waals surface area contributed by atoms with Crippen LogP contribution in [0.3, 0.4) is 0 Å². The monoisotopic (exact) mass is 248 g/mol. The minimum Gasteiger partial charge on any atom is -0.390 e. The summed E-state index contributed by atoms with van der Waals surface area (Å²) in [5.41, 5.74) is 1.26. The maximum absolute atomic E-state index is 9.87. The number of thioether (sulfide) groups is 1. The van der Waals surface area contributed by atoms with Gasteiger partial charge in [-0.25, -0.2) is 4.98 Å². The molecule has 0 bridgehead atoms. The van der Waals surface area contributed by atoms with E-state index in [4.69, 9.17) is 0 Å². The summed E-state index contributed by atoms with van der Waals surface area (Å²) in [5, 5.41) is 9.87. The summed E-state index contributed by atoms with van der Waals surface area (Å²) in [7, 11) is 0. The number of aliphatic hydroxyl groups excluding tert-OH is 1. The highest BCUT2D eigenvalue weighted by Gasteiger charge is 2.05. The summed E-state index contributed by atoms with van der Waals surface area (Å²) >= 11 is 1.68. The topological polar surface area (TPSA) is 38.0 Å². The number of hydrogen-bond donors (Lipinski definition) is 1. The van der Waals surface area contributed by atoms with E-state index in [0.717, 1.165) is 0 Å². The second kappa shape index (κ2) is 5.89. The molecule has 1 atom stereocenters. The van der Waals surface area contributed by atoms with Crippen molar-refractivity contribution in [2.75, 3.05) is 5.75 Å². The smallest absolute Gasteiger partial charge is 0.0946 e. The molecule has 17 heavy (non-hydrogen) atoms. The van der Waals surface area contributed by atoms with Gasteiger partial charge in [0.2, 0.25) is 0 Å². The quantitative estimate of drug-likeness (QED) is 0.825. The molecule has 0 saturated heterocycles. The second-order valence-corrected chi connectivity index (χ2v) is 5.13. The fourth-order valence-electron chi connectivity index (χ4n) is 1.52. The molecule has 1 N–H and O–H groups in total. The Morgan fingerprint density at radius 3 is 2.76 bits per heavy atom. The molecule has 4 heteroatoms. The zero-order valence-electron chi connectivity index (χ0n) is 9.78. The minimum atomic E-state index is -0.351. The second-order valence-electron chi connectivity index (χ2n) is 4.04. The molecular weight excluding hydrogens is 232 g/mol. The van der Waals surface area contributed by atoms with E-state index in [2.05, 4.69) is 36.2 Å². The van der Waals surface area contributed by atoms with Gasteiger partial charge in [-0.05, 0) is 19.1 Å². The van der Waals surface area contributed by atoms with Crippen LogP contribution in [0.25, 0.3) is 0 Å². The third-order valence-electron chi connectivity index (χ3n) is 2.44. The van der Waals surface area contributed by atoms with Crippen LogP contribution < -0.4 is 0 Å². The Labute approximate surface area is 106 Å². The highest BCUT2D eigenvalue weighted by molar-refractivity contribution is 7.99. The molecule has 2 rings (SSSR count). The maximum atomic E-state index is 9.87. The fourth-order valence-corrected chi connectivity index (χ4v) is 2.34. The number of aliphatic hydroxyl groups is 1. The predicted octanol–water partition coefficient (Wildman–Crippen LogP) is 2.34. The van der Waals surface area contributed by atoms with Gasteiger partial charge in [0.1, 0.15) is 0 Å². The van der Waals surface area contributed by atoms with E-state index in [1.165, 1.54) is 10.5 Å². The molecule has 0 fully saturated rings. The van der Waals surface area contributed by atoms with Crippen molar-refractivity contribution >= 4 is 11.8 Å². The first kappa shape index (κ1) is 12.2. The minimum absolute atomic E-state index is 0.351. The molecule has 1 aromatic heterocycles. The standard InChI is InChI=1S/C13H16N2OS/c1-11-2-4-13(5-3-11)17-9-12(16)8-15-7-6-14-10-15/h2-7,10,12,16H,8-9H2,1H3. The number of aromatic nitrogens is 2. The summed E-state index contributed by atoms with van der Waals surface area (Å²) < 4.78 is 1.89. The summed E-state index contributed by atoms with van der Waals surface area (Å²) in [6.45, 7) is 2.67. The van der Waals surface area contributed by atoms with Gasteiger partial charge in [0.25, 0.3) is 0 Å². The highest BCUT2D eigenvalue weighted by atomic mass is 32.2. The Morgan fingerprint density at radius 2 is 2.12 bits per heavy atom. The molecule has 0 aliphatic carbocycles. The summed E-state index contributed by atoms with van der Waals surface area (Å²) in [5.74, 6) is 0.696. The molecule has 1 heterocycles. The van der Waals surface area contributed by atoms with Gasteiger partial charge >= 0.3 is 0 Å². The van der Waals surface area contributed by atoms with Gasteiger partial charge in [-0.2, -0.15) is 0 Å². The first-order valence-corrected chi connectivity index (χ1v) is 6.56. The molecule has 90 valence electrons. The number of imidazole rings is 1. The summed E-state index contributed by atoms with van der Waals surface area (Å²) in [4.78, 5) is 5.14. The number of benzene rings is 1. The van der Waals surface area contributed by atoms with Gasteiger partial charge in [0.05, 0.1) is 19.0 Å². The molecule has 0 aliphatic rings. The molecule has 0 aliphatic heterocycles. The highest BCUT2D eigenvalue weighted by Crippen LogP contribution is 2.19. The van der Waals surface area contributed by atoms with Crippen molar-refractivity contribution in [1.29, 1.82) is 0 Å². The molecule has 2 aromatic rings. The van der Waals surface area contributed by atoms with E-state index in [0.29, 0.717) is 12.3 Å². The maximum Gasteiger partial charge on any atom is 0.0946 e. The van der Waals surface area contributed by atoms with Crippen LogP contribution in [0.1, 0.15) is 5.56 Å². The van der Waals surface area contributed by atoms with Crippen molar-refractivity contribution in [1.82, 2.24) is 9.55 Å². The number of hydrogen-bond acceptors (Lipinski definition) is 3. The van der Waals surface area contributed by atoms with Crippen LogP contribution in [-0.4, -0.2) is 26.5 Å². The largest absolute Gasteiger partial charge is 0.390 e. The average Bonchev–Trinajstić information content (AvgIpc) is 2.81.